The van der Waals surface area contributed by atoms with Gasteiger partial charge in [-0.05, 0) is 42.4 Å². The van der Waals surface area contributed by atoms with Gasteiger partial charge in [0.1, 0.15) is 11.9 Å². The zero-order valence-electron chi connectivity index (χ0n) is 15.7. The molecule has 0 saturated carbocycles. The van der Waals surface area contributed by atoms with Crippen LogP contribution in [-0.4, -0.2) is 43.3 Å². The number of alkyl halides is 3. The van der Waals surface area contributed by atoms with Crippen LogP contribution < -0.4 is 4.74 Å². The van der Waals surface area contributed by atoms with E-state index in [1.54, 1.807) is 6.07 Å². The number of halogens is 3. The highest BCUT2D eigenvalue weighted by molar-refractivity contribution is 5.42. The van der Waals surface area contributed by atoms with E-state index in [9.17, 15) is 13.2 Å². The third kappa shape index (κ3) is 4.17. The van der Waals surface area contributed by atoms with Crippen LogP contribution in [0.1, 0.15) is 51.2 Å². The third-order valence-electron chi connectivity index (χ3n) is 5.86. The monoisotopic (exact) mass is 371 g/mol. The van der Waals surface area contributed by atoms with Crippen molar-refractivity contribution in [1.29, 1.82) is 0 Å². The van der Waals surface area contributed by atoms with Gasteiger partial charge in [0.25, 0.3) is 0 Å². The summed E-state index contributed by atoms with van der Waals surface area (Å²) in [6.07, 6.45) is -2.32. The van der Waals surface area contributed by atoms with Crippen molar-refractivity contribution < 1.29 is 22.6 Å². The predicted octanol–water partition coefficient (Wildman–Crippen LogP) is 4.64. The summed E-state index contributed by atoms with van der Waals surface area (Å²) in [6, 6.07) is 5.01. The highest BCUT2D eigenvalue weighted by atomic mass is 19.4. The fraction of sp³-hybridized carbons (Fsp3) is 0.700. The molecule has 0 aromatic heterocycles. The first-order chi connectivity index (χ1) is 12.2. The van der Waals surface area contributed by atoms with Gasteiger partial charge in [-0.15, -0.1) is 0 Å². The van der Waals surface area contributed by atoms with Crippen LogP contribution in [0.4, 0.5) is 13.2 Å². The van der Waals surface area contributed by atoms with Crippen molar-refractivity contribution in [2.75, 3.05) is 26.3 Å². The lowest BCUT2D eigenvalue weighted by atomic mass is 9.81. The molecule has 3 rings (SSSR count). The quantitative estimate of drug-likeness (QED) is 0.753. The molecule has 2 aliphatic heterocycles. The molecule has 2 heterocycles. The zero-order chi connectivity index (χ0) is 18.9. The van der Waals surface area contributed by atoms with E-state index < -0.39 is 11.7 Å². The number of ether oxygens (including phenoxy) is 2. The maximum atomic E-state index is 13.6. The number of benzene rings is 1. The molecule has 0 spiro atoms. The fourth-order valence-corrected chi connectivity index (χ4v) is 3.45. The van der Waals surface area contributed by atoms with E-state index in [4.69, 9.17) is 9.47 Å². The highest BCUT2D eigenvalue weighted by Gasteiger charge is 2.37. The lowest BCUT2D eigenvalue weighted by molar-refractivity contribution is -0.139. The Bertz CT molecular complexity index is 618. The van der Waals surface area contributed by atoms with Gasteiger partial charge >= 0.3 is 6.18 Å². The number of hydrogen-bond donors (Lipinski definition) is 0. The average molecular weight is 371 g/mol. The summed E-state index contributed by atoms with van der Waals surface area (Å²) < 4.78 is 51.8. The van der Waals surface area contributed by atoms with Gasteiger partial charge in [-0.3, -0.25) is 4.90 Å². The van der Waals surface area contributed by atoms with E-state index in [0.29, 0.717) is 11.6 Å². The Morgan fingerprint density at radius 1 is 1.15 bits per heavy atom. The first kappa shape index (κ1) is 19.5. The summed E-state index contributed by atoms with van der Waals surface area (Å²) in [6.45, 7) is 9.13. The number of rotatable bonds is 5. The molecule has 0 bridgehead atoms. The number of piperidine rings is 1. The molecule has 0 aliphatic carbocycles. The van der Waals surface area contributed by atoms with Gasteiger partial charge in [-0.1, -0.05) is 26.8 Å². The molecule has 146 valence electrons. The van der Waals surface area contributed by atoms with Crippen LogP contribution in [0.5, 0.6) is 5.75 Å². The van der Waals surface area contributed by atoms with Crippen molar-refractivity contribution in [1.82, 2.24) is 4.90 Å². The number of nitrogens with zero attached hydrogens (tertiary/aromatic N) is 1. The van der Waals surface area contributed by atoms with Gasteiger partial charge in [-0.2, -0.15) is 13.2 Å². The minimum Gasteiger partial charge on any atom is -0.490 e. The van der Waals surface area contributed by atoms with Crippen LogP contribution in [0, 0.1) is 0 Å². The molecule has 0 amide bonds. The molecule has 2 fully saturated rings. The fourth-order valence-electron chi connectivity index (χ4n) is 3.45. The summed E-state index contributed by atoms with van der Waals surface area (Å²) in [5.41, 5.74) is -0.264. The Balaban J connectivity index is 1.73. The largest absolute Gasteiger partial charge is 0.490 e. The smallest absolute Gasteiger partial charge is 0.419 e. The van der Waals surface area contributed by atoms with Crippen LogP contribution in [0.25, 0.3) is 0 Å². The molecule has 3 nitrogen and oxygen atoms in total. The topological polar surface area (TPSA) is 21.7 Å². The average Bonchev–Trinajstić information content (AvgIpc) is 2.54. The number of hydrogen-bond acceptors (Lipinski definition) is 3. The molecule has 6 heteroatoms. The SMILES string of the molecule is CCC(C)(C)c1ccc(OC2CCN(C3COC3)CC2)c(C(F)(F)F)c1. The minimum atomic E-state index is -4.42. The Morgan fingerprint density at radius 3 is 2.31 bits per heavy atom. The maximum Gasteiger partial charge on any atom is 0.419 e. The molecule has 2 saturated heterocycles. The van der Waals surface area contributed by atoms with Gasteiger partial charge in [0, 0.05) is 13.1 Å². The Morgan fingerprint density at radius 2 is 1.81 bits per heavy atom. The molecule has 0 radical (unpaired) electrons. The summed E-state index contributed by atoms with van der Waals surface area (Å²) >= 11 is 0. The first-order valence-electron chi connectivity index (χ1n) is 9.41. The molecular weight excluding hydrogens is 343 g/mol. The van der Waals surface area contributed by atoms with Crippen molar-refractivity contribution >= 4 is 0 Å². The van der Waals surface area contributed by atoms with Crippen molar-refractivity contribution in [2.24, 2.45) is 0 Å². The van der Waals surface area contributed by atoms with Gasteiger partial charge in [-0.25, -0.2) is 0 Å². The maximum absolute atomic E-state index is 13.6. The third-order valence-corrected chi connectivity index (χ3v) is 5.86. The lowest BCUT2D eigenvalue weighted by Gasteiger charge is -2.41. The Labute approximate surface area is 153 Å². The van der Waals surface area contributed by atoms with Crippen molar-refractivity contribution in [3.05, 3.63) is 29.3 Å². The van der Waals surface area contributed by atoms with Crippen LogP contribution >= 0.6 is 0 Å². The van der Waals surface area contributed by atoms with Crippen molar-refractivity contribution in [3.63, 3.8) is 0 Å². The zero-order valence-corrected chi connectivity index (χ0v) is 15.7. The Kier molecular flexibility index (Phi) is 5.54. The molecule has 0 unspecified atom stereocenters. The van der Waals surface area contributed by atoms with Gasteiger partial charge in [0.15, 0.2) is 0 Å². The summed E-state index contributed by atoms with van der Waals surface area (Å²) in [4.78, 5) is 2.35. The highest BCUT2D eigenvalue weighted by Crippen LogP contribution is 2.40. The lowest BCUT2D eigenvalue weighted by Crippen LogP contribution is -2.52. The van der Waals surface area contributed by atoms with Gasteiger partial charge in [0.2, 0.25) is 0 Å². The van der Waals surface area contributed by atoms with E-state index in [1.807, 2.05) is 20.8 Å². The summed E-state index contributed by atoms with van der Waals surface area (Å²) in [5.74, 6) is -0.0430. The second kappa shape index (κ2) is 7.39. The summed E-state index contributed by atoms with van der Waals surface area (Å²) in [5, 5.41) is 0. The second-order valence-electron chi connectivity index (χ2n) is 7.99. The van der Waals surface area contributed by atoms with Gasteiger partial charge in [0.05, 0.1) is 24.8 Å². The van der Waals surface area contributed by atoms with E-state index in [1.165, 1.54) is 12.1 Å². The number of likely N-dealkylation sites (tertiary alicyclic amines) is 1. The van der Waals surface area contributed by atoms with E-state index >= 15 is 0 Å². The normalized spacial score (nSPS) is 20.8. The van der Waals surface area contributed by atoms with Crippen LogP contribution in [0.2, 0.25) is 0 Å². The van der Waals surface area contributed by atoms with E-state index in [-0.39, 0.29) is 17.3 Å². The Hall–Kier alpha value is -1.27. The molecular formula is C20H28F3NO2. The van der Waals surface area contributed by atoms with Gasteiger partial charge < -0.3 is 9.47 Å². The molecule has 2 aliphatic rings. The first-order valence-corrected chi connectivity index (χ1v) is 9.41. The van der Waals surface area contributed by atoms with Crippen LogP contribution in [0.15, 0.2) is 18.2 Å². The minimum absolute atomic E-state index is 0.0430. The van der Waals surface area contributed by atoms with E-state index in [0.717, 1.165) is 45.6 Å². The standard InChI is InChI=1S/C20H28F3NO2/c1-4-19(2,3)14-5-6-18(17(11-14)20(21,22)23)26-16-7-9-24(10-8-16)15-12-25-13-15/h5-6,11,15-16H,4,7-10,12-13H2,1-3H3. The van der Waals surface area contributed by atoms with Crippen molar-refractivity contribution in [2.45, 2.75) is 63.8 Å². The van der Waals surface area contributed by atoms with Crippen molar-refractivity contribution in [3.8, 4) is 5.75 Å². The summed E-state index contributed by atoms with van der Waals surface area (Å²) in [7, 11) is 0. The van der Waals surface area contributed by atoms with Crippen LogP contribution in [0.3, 0.4) is 0 Å². The van der Waals surface area contributed by atoms with Crippen LogP contribution in [-0.2, 0) is 16.3 Å². The molecule has 1 aromatic rings. The second-order valence-corrected chi connectivity index (χ2v) is 7.99. The van der Waals surface area contributed by atoms with E-state index in [2.05, 4.69) is 4.90 Å². The predicted molar refractivity (Wildman–Crippen MR) is 94.6 cm³/mol. The molecule has 0 atom stereocenters. The molecule has 0 N–H and O–H groups in total. The molecule has 1 aromatic carbocycles. The molecule has 26 heavy (non-hydrogen) atoms.